The van der Waals surface area contributed by atoms with Crippen molar-refractivity contribution in [2.45, 2.75) is 13.8 Å². The highest BCUT2D eigenvalue weighted by Crippen LogP contribution is 2.39. The third-order valence-electron chi connectivity index (χ3n) is 6.15. The van der Waals surface area contributed by atoms with E-state index in [1.54, 1.807) is 0 Å². The molecule has 0 aromatic heterocycles. The summed E-state index contributed by atoms with van der Waals surface area (Å²) in [5.74, 6) is 1.81. The van der Waals surface area contributed by atoms with Crippen LogP contribution in [0.4, 0.5) is 0 Å². The second-order valence-electron chi connectivity index (χ2n) is 8.39. The highest BCUT2D eigenvalue weighted by Gasteiger charge is 2.12. The molecule has 6 aromatic rings. The molecule has 1 heteroatoms. The van der Waals surface area contributed by atoms with E-state index in [0.717, 1.165) is 22.3 Å². The summed E-state index contributed by atoms with van der Waals surface area (Å²) in [6.45, 7) is 4.27. The average molecular weight is 399 g/mol. The van der Waals surface area contributed by atoms with Gasteiger partial charge < -0.3 is 4.74 Å². The monoisotopic (exact) mass is 398 g/mol. The summed E-state index contributed by atoms with van der Waals surface area (Å²) >= 11 is 0. The van der Waals surface area contributed by atoms with Gasteiger partial charge in [-0.2, -0.15) is 0 Å². The van der Waals surface area contributed by atoms with Crippen LogP contribution in [0.3, 0.4) is 0 Å². The number of hydrogen-bond acceptors (Lipinski definition) is 1. The first kappa shape index (κ1) is 18.0. The Bertz CT molecular complexity index is 1500. The molecule has 0 N–H and O–H groups in total. The van der Waals surface area contributed by atoms with Crippen molar-refractivity contribution < 1.29 is 4.74 Å². The van der Waals surface area contributed by atoms with Crippen molar-refractivity contribution in [1.29, 1.82) is 0 Å². The first-order chi connectivity index (χ1) is 15.2. The third-order valence-corrected chi connectivity index (χ3v) is 6.15. The van der Waals surface area contributed by atoms with E-state index in [-0.39, 0.29) is 0 Å². The Kier molecular flexibility index (Phi) is 3.97. The molecule has 0 saturated carbocycles. The van der Waals surface area contributed by atoms with Gasteiger partial charge in [0, 0.05) is 10.8 Å². The van der Waals surface area contributed by atoms with Crippen LogP contribution in [0, 0.1) is 13.8 Å². The molecule has 0 aliphatic carbocycles. The second-order valence-corrected chi connectivity index (χ2v) is 8.39. The molecule has 0 radical (unpaired) electrons. The number of ether oxygens (including phenoxy) is 1. The molecule has 0 heterocycles. The van der Waals surface area contributed by atoms with Gasteiger partial charge in [-0.05, 0) is 81.6 Å². The third kappa shape index (κ3) is 2.93. The molecule has 0 unspecified atom stereocenters. The van der Waals surface area contributed by atoms with Gasteiger partial charge in [0.15, 0.2) is 0 Å². The fraction of sp³-hybridized carbons (Fsp3) is 0.0667. The molecule has 0 spiro atoms. The van der Waals surface area contributed by atoms with Crippen molar-refractivity contribution in [2.24, 2.45) is 0 Å². The van der Waals surface area contributed by atoms with E-state index in [4.69, 9.17) is 4.74 Å². The molecule has 148 valence electrons. The van der Waals surface area contributed by atoms with Gasteiger partial charge in [0.25, 0.3) is 0 Å². The molecule has 0 amide bonds. The lowest BCUT2D eigenvalue weighted by atomic mass is 9.98. The van der Waals surface area contributed by atoms with E-state index in [9.17, 15) is 0 Å². The summed E-state index contributed by atoms with van der Waals surface area (Å²) in [5, 5.41) is 9.76. The molecular formula is C30H22O. The normalized spacial score (nSPS) is 11.5. The minimum absolute atomic E-state index is 0.904. The van der Waals surface area contributed by atoms with E-state index in [2.05, 4.69) is 111 Å². The maximum absolute atomic E-state index is 6.66. The summed E-state index contributed by atoms with van der Waals surface area (Å²) in [6, 6.07) is 34.6. The minimum atomic E-state index is 0.904. The standard InChI is InChI=1S/C30H22O/c1-19-15-27-23-9-5-3-7-21(23)11-13-25(27)29(17-19)31-30-18-20(2)16-28-24-10-6-4-8-22(24)12-14-26(28)30/h3-18H,1-2H3. The highest BCUT2D eigenvalue weighted by molar-refractivity contribution is 6.11. The van der Waals surface area contributed by atoms with Gasteiger partial charge in [-0.3, -0.25) is 0 Å². The van der Waals surface area contributed by atoms with Crippen LogP contribution in [0.5, 0.6) is 11.5 Å². The summed E-state index contributed by atoms with van der Waals surface area (Å²) < 4.78 is 6.66. The van der Waals surface area contributed by atoms with Crippen molar-refractivity contribution in [3.8, 4) is 11.5 Å². The fourth-order valence-corrected chi connectivity index (χ4v) is 4.73. The average Bonchev–Trinajstić information content (AvgIpc) is 2.78. The van der Waals surface area contributed by atoms with Crippen LogP contribution >= 0.6 is 0 Å². The lowest BCUT2D eigenvalue weighted by Crippen LogP contribution is -1.91. The van der Waals surface area contributed by atoms with Gasteiger partial charge >= 0.3 is 0 Å². The van der Waals surface area contributed by atoms with Crippen molar-refractivity contribution in [2.75, 3.05) is 0 Å². The van der Waals surface area contributed by atoms with E-state index in [1.165, 1.54) is 43.4 Å². The van der Waals surface area contributed by atoms with E-state index < -0.39 is 0 Å². The number of hydrogen-bond donors (Lipinski definition) is 0. The van der Waals surface area contributed by atoms with E-state index in [0.29, 0.717) is 0 Å². The number of fused-ring (bicyclic) bond motifs is 6. The summed E-state index contributed by atoms with van der Waals surface area (Å²) in [5.41, 5.74) is 2.39. The minimum Gasteiger partial charge on any atom is -0.456 e. The quantitative estimate of drug-likeness (QED) is 0.265. The zero-order valence-electron chi connectivity index (χ0n) is 17.6. The maximum Gasteiger partial charge on any atom is 0.135 e. The van der Waals surface area contributed by atoms with Crippen LogP contribution < -0.4 is 4.74 Å². The van der Waals surface area contributed by atoms with Crippen molar-refractivity contribution in [1.82, 2.24) is 0 Å². The highest BCUT2D eigenvalue weighted by atomic mass is 16.5. The largest absolute Gasteiger partial charge is 0.456 e. The number of benzene rings is 6. The lowest BCUT2D eigenvalue weighted by Gasteiger charge is -2.15. The van der Waals surface area contributed by atoms with Crippen LogP contribution in [0.1, 0.15) is 11.1 Å². The molecule has 0 atom stereocenters. The first-order valence-corrected chi connectivity index (χ1v) is 10.7. The Hall–Kier alpha value is -3.84. The zero-order valence-corrected chi connectivity index (χ0v) is 17.6. The summed E-state index contributed by atoms with van der Waals surface area (Å²) in [4.78, 5) is 0. The van der Waals surface area contributed by atoms with Crippen LogP contribution in [0.25, 0.3) is 43.1 Å². The van der Waals surface area contributed by atoms with Crippen LogP contribution in [-0.2, 0) is 0 Å². The summed E-state index contributed by atoms with van der Waals surface area (Å²) in [7, 11) is 0. The molecule has 0 bridgehead atoms. The van der Waals surface area contributed by atoms with Crippen LogP contribution in [0.2, 0.25) is 0 Å². The van der Waals surface area contributed by atoms with Crippen LogP contribution in [-0.4, -0.2) is 0 Å². The predicted octanol–water partition coefficient (Wildman–Crippen LogP) is 8.71. The van der Waals surface area contributed by atoms with Crippen LogP contribution in [0.15, 0.2) is 97.1 Å². The molecule has 0 saturated heterocycles. The van der Waals surface area contributed by atoms with Crippen molar-refractivity contribution >= 4 is 43.1 Å². The Morgan fingerprint density at radius 3 is 1.35 bits per heavy atom. The second kappa shape index (κ2) is 6.85. The number of rotatable bonds is 2. The molecule has 1 nitrogen and oxygen atoms in total. The predicted molar refractivity (Wildman–Crippen MR) is 132 cm³/mol. The maximum atomic E-state index is 6.66. The Labute approximate surface area is 181 Å². The molecule has 0 aliphatic heterocycles. The number of aryl methyl sites for hydroxylation is 2. The van der Waals surface area contributed by atoms with Gasteiger partial charge in [-0.25, -0.2) is 0 Å². The van der Waals surface area contributed by atoms with Gasteiger partial charge in [-0.1, -0.05) is 72.8 Å². The fourth-order valence-electron chi connectivity index (χ4n) is 4.73. The Morgan fingerprint density at radius 1 is 0.419 bits per heavy atom. The molecule has 0 aliphatic rings. The Morgan fingerprint density at radius 2 is 0.871 bits per heavy atom. The first-order valence-electron chi connectivity index (χ1n) is 10.7. The smallest absolute Gasteiger partial charge is 0.135 e. The lowest BCUT2D eigenvalue weighted by molar-refractivity contribution is 0.493. The zero-order chi connectivity index (χ0) is 20.9. The molecule has 6 aromatic carbocycles. The Balaban J connectivity index is 1.60. The van der Waals surface area contributed by atoms with E-state index in [1.807, 2.05) is 0 Å². The van der Waals surface area contributed by atoms with Gasteiger partial charge in [0.1, 0.15) is 11.5 Å². The van der Waals surface area contributed by atoms with Gasteiger partial charge in [0.2, 0.25) is 0 Å². The molecule has 0 fully saturated rings. The topological polar surface area (TPSA) is 9.23 Å². The van der Waals surface area contributed by atoms with Gasteiger partial charge in [-0.15, -0.1) is 0 Å². The van der Waals surface area contributed by atoms with Crippen molar-refractivity contribution in [3.05, 3.63) is 108 Å². The van der Waals surface area contributed by atoms with Gasteiger partial charge in [0.05, 0.1) is 0 Å². The SMILES string of the molecule is Cc1cc(Oc2cc(C)cc3c2ccc2ccccc23)c2ccc3ccccc3c2c1. The van der Waals surface area contributed by atoms with Crippen molar-refractivity contribution in [3.63, 3.8) is 0 Å². The van der Waals surface area contributed by atoms with E-state index >= 15 is 0 Å². The molecule has 6 rings (SSSR count). The molecule has 31 heavy (non-hydrogen) atoms. The molecular weight excluding hydrogens is 376 g/mol. The summed E-state index contributed by atoms with van der Waals surface area (Å²) in [6.07, 6.45) is 0.